The monoisotopic (exact) mass is 243 g/mol. The summed E-state index contributed by atoms with van der Waals surface area (Å²) in [5, 5.41) is 3.39. The first-order valence-electron chi connectivity index (χ1n) is 5.44. The van der Waals surface area contributed by atoms with E-state index in [1.54, 1.807) is 0 Å². The fourth-order valence-electron chi connectivity index (χ4n) is 1.37. The van der Waals surface area contributed by atoms with Gasteiger partial charge in [-0.05, 0) is 37.8 Å². The van der Waals surface area contributed by atoms with Crippen molar-refractivity contribution >= 4 is 23.1 Å². The van der Waals surface area contributed by atoms with E-state index in [0.717, 1.165) is 5.92 Å². The van der Waals surface area contributed by atoms with Crippen LogP contribution in [0.1, 0.15) is 29.6 Å². The Balaban J connectivity index is 2.42. The summed E-state index contributed by atoms with van der Waals surface area (Å²) in [5.74, 6) is 3.22. The molecule has 1 atom stereocenters. The summed E-state index contributed by atoms with van der Waals surface area (Å²) in [6, 6.07) is 4.97. The van der Waals surface area contributed by atoms with Gasteiger partial charge >= 0.3 is 0 Å². The second-order valence-corrected chi connectivity index (χ2v) is 6.62. The molecule has 1 unspecified atom stereocenters. The van der Waals surface area contributed by atoms with Crippen LogP contribution in [0.3, 0.4) is 0 Å². The van der Waals surface area contributed by atoms with Crippen LogP contribution >= 0.6 is 23.1 Å². The van der Waals surface area contributed by atoms with Gasteiger partial charge in [0.1, 0.15) is 0 Å². The molecule has 1 heterocycles. The molecule has 0 aliphatic rings. The van der Waals surface area contributed by atoms with Crippen LogP contribution < -0.4 is 5.32 Å². The molecule has 0 fully saturated rings. The summed E-state index contributed by atoms with van der Waals surface area (Å²) < 4.78 is 0. The van der Waals surface area contributed by atoms with E-state index in [4.69, 9.17) is 0 Å². The maximum Gasteiger partial charge on any atom is 0.0504 e. The molecular formula is C12H21NS2. The first kappa shape index (κ1) is 13.1. The summed E-state index contributed by atoms with van der Waals surface area (Å²) in [7, 11) is 2.05. The lowest BCUT2D eigenvalue weighted by atomic mass is 10.3. The summed E-state index contributed by atoms with van der Waals surface area (Å²) in [4.78, 5) is 2.87. The second-order valence-electron chi connectivity index (χ2n) is 4.22. The normalized spacial score (nSPS) is 13.4. The van der Waals surface area contributed by atoms with Crippen LogP contribution in [0.2, 0.25) is 0 Å². The van der Waals surface area contributed by atoms with Crippen molar-refractivity contribution in [2.24, 2.45) is 5.92 Å². The van der Waals surface area contributed by atoms with Gasteiger partial charge in [0, 0.05) is 15.5 Å². The third-order valence-electron chi connectivity index (χ3n) is 2.19. The summed E-state index contributed by atoms with van der Waals surface area (Å²) in [6.45, 7) is 6.72. The van der Waals surface area contributed by atoms with Gasteiger partial charge in [0.15, 0.2) is 0 Å². The van der Waals surface area contributed by atoms with Gasteiger partial charge in [0.05, 0.1) is 6.04 Å². The minimum Gasteiger partial charge on any atom is -0.312 e. The Hall–Kier alpha value is 0.01000. The van der Waals surface area contributed by atoms with Gasteiger partial charge in [0.2, 0.25) is 0 Å². The van der Waals surface area contributed by atoms with E-state index in [2.05, 4.69) is 45.3 Å². The van der Waals surface area contributed by atoms with Gasteiger partial charge in [0.25, 0.3) is 0 Å². The van der Waals surface area contributed by atoms with Crippen molar-refractivity contribution in [2.45, 2.75) is 26.8 Å². The first-order chi connectivity index (χ1) is 7.13. The molecule has 0 aliphatic carbocycles. The van der Waals surface area contributed by atoms with Crippen molar-refractivity contribution in [2.75, 3.05) is 18.6 Å². The van der Waals surface area contributed by atoms with Crippen molar-refractivity contribution in [1.29, 1.82) is 0 Å². The second kappa shape index (κ2) is 6.56. The zero-order chi connectivity index (χ0) is 11.3. The molecule has 0 radical (unpaired) electrons. The van der Waals surface area contributed by atoms with Crippen molar-refractivity contribution in [3.05, 3.63) is 21.9 Å². The maximum atomic E-state index is 3.39. The van der Waals surface area contributed by atoms with Crippen molar-refractivity contribution in [1.82, 2.24) is 5.32 Å². The maximum absolute atomic E-state index is 3.39. The molecule has 1 aromatic heterocycles. The van der Waals surface area contributed by atoms with Gasteiger partial charge in [-0.25, -0.2) is 0 Å². The number of thioether (sulfide) groups is 1. The molecule has 1 aromatic rings. The van der Waals surface area contributed by atoms with Gasteiger partial charge < -0.3 is 5.32 Å². The van der Waals surface area contributed by atoms with Gasteiger partial charge in [-0.3, -0.25) is 0 Å². The number of hydrogen-bond acceptors (Lipinski definition) is 3. The molecule has 15 heavy (non-hydrogen) atoms. The van der Waals surface area contributed by atoms with E-state index in [9.17, 15) is 0 Å². The van der Waals surface area contributed by atoms with E-state index in [1.807, 2.05) is 23.1 Å². The lowest BCUT2D eigenvalue weighted by molar-refractivity contribution is 0.670. The Morgan fingerprint density at radius 3 is 2.53 bits per heavy atom. The lowest BCUT2D eigenvalue weighted by Gasteiger charge is -2.14. The topological polar surface area (TPSA) is 12.0 Å². The molecule has 0 saturated heterocycles. The Bertz CT molecular complexity index is 281. The smallest absolute Gasteiger partial charge is 0.0504 e. The third-order valence-corrected chi connectivity index (χ3v) is 4.77. The number of nitrogens with one attached hydrogen (secondary N) is 1. The molecule has 1 nitrogen and oxygen atoms in total. The lowest BCUT2D eigenvalue weighted by Crippen LogP contribution is -2.18. The molecule has 1 rings (SSSR count). The minimum atomic E-state index is 0.521. The van der Waals surface area contributed by atoms with Crippen LogP contribution in [-0.2, 0) is 0 Å². The third kappa shape index (κ3) is 4.58. The van der Waals surface area contributed by atoms with Gasteiger partial charge in [-0.2, -0.15) is 11.8 Å². The van der Waals surface area contributed by atoms with Crippen LogP contribution in [0.25, 0.3) is 0 Å². The zero-order valence-electron chi connectivity index (χ0n) is 10.0. The highest BCUT2D eigenvalue weighted by Gasteiger charge is 2.11. The number of aryl methyl sites for hydroxylation is 1. The molecule has 3 heteroatoms. The SMILES string of the molecule is CNC(CSCC(C)C)c1ccc(C)s1. The molecule has 0 spiro atoms. The quantitative estimate of drug-likeness (QED) is 0.817. The highest BCUT2D eigenvalue weighted by atomic mass is 32.2. The van der Waals surface area contributed by atoms with E-state index in [0.29, 0.717) is 6.04 Å². The molecule has 0 bridgehead atoms. The molecule has 86 valence electrons. The molecule has 0 aliphatic heterocycles. The highest BCUT2D eigenvalue weighted by molar-refractivity contribution is 7.99. The fraction of sp³-hybridized carbons (Fsp3) is 0.667. The number of rotatable bonds is 6. The van der Waals surface area contributed by atoms with E-state index in [1.165, 1.54) is 21.3 Å². The standard InChI is InChI=1S/C12H21NS2/c1-9(2)7-14-8-11(13-4)12-6-5-10(3)15-12/h5-6,9,11,13H,7-8H2,1-4H3. The Morgan fingerprint density at radius 2 is 2.07 bits per heavy atom. The van der Waals surface area contributed by atoms with Crippen molar-refractivity contribution in [3.8, 4) is 0 Å². The minimum absolute atomic E-state index is 0.521. The van der Waals surface area contributed by atoms with Crippen LogP contribution in [0.5, 0.6) is 0 Å². The number of hydrogen-bond donors (Lipinski definition) is 1. The largest absolute Gasteiger partial charge is 0.312 e. The predicted molar refractivity (Wildman–Crippen MR) is 73.0 cm³/mol. The summed E-state index contributed by atoms with van der Waals surface area (Å²) in [5.41, 5.74) is 0. The predicted octanol–water partition coefficient (Wildman–Crippen LogP) is 3.71. The number of thiophene rings is 1. The molecule has 0 aromatic carbocycles. The van der Waals surface area contributed by atoms with Crippen LogP contribution in [0, 0.1) is 12.8 Å². The average Bonchev–Trinajstić information content (AvgIpc) is 2.59. The van der Waals surface area contributed by atoms with Gasteiger partial charge in [-0.15, -0.1) is 11.3 Å². The Labute approximate surface area is 102 Å². The summed E-state index contributed by atoms with van der Waals surface area (Å²) in [6.07, 6.45) is 0. The van der Waals surface area contributed by atoms with Crippen molar-refractivity contribution < 1.29 is 0 Å². The average molecular weight is 243 g/mol. The van der Waals surface area contributed by atoms with Gasteiger partial charge in [-0.1, -0.05) is 13.8 Å². The van der Waals surface area contributed by atoms with Crippen LogP contribution in [-0.4, -0.2) is 18.6 Å². The Morgan fingerprint density at radius 1 is 1.33 bits per heavy atom. The van der Waals surface area contributed by atoms with Crippen molar-refractivity contribution in [3.63, 3.8) is 0 Å². The molecular weight excluding hydrogens is 222 g/mol. The molecule has 0 saturated carbocycles. The molecule has 1 N–H and O–H groups in total. The first-order valence-corrected chi connectivity index (χ1v) is 7.42. The van der Waals surface area contributed by atoms with Crippen LogP contribution in [0.4, 0.5) is 0 Å². The highest BCUT2D eigenvalue weighted by Crippen LogP contribution is 2.25. The fourth-order valence-corrected chi connectivity index (χ4v) is 3.65. The Kier molecular flexibility index (Phi) is 5.72. The van der Waals surface area contributed by atoms with E-state index < -0.39 is 0 Å². The van der Waals surface area contributed by atoms with E-state index >= 15 is 0 Å². The zero-order valence-corrected chi connectivity index (χ0v) is 11.7. The molecule has 0 amide bonds. The van der Waals surface area contributed by atoms with E-state index in [-0.39, 0.29) is 0 Å². The summed E-state index contributed by atoms with van der Waals surface area (Å²) >= 11 is 3.95. The van der Waals surface area contributed by atoms with Crippen LogP contribution in [0.15, 0.2) is 12.1 Å².